The third-order valence-corrected chi connectivity index (χ3v) is 3.31. The van der Waals surface area contributed by atoms with Crippen molar-refractivity contribution in [2.24, 2.45) is 5.41 Å². The average molecular weight is 239 g/mol. The van der Waals surface area contributed by atoms with Gasteiger partial charge in [0.2, 0.25) is 5.91 Å². The summed E-state index contributed by atoms with van der Waals surface area (Å²) in [7, 11) is 0. The first kappa shape index (κ1) is 14.2. The van der Waals surface area contributed by atoms with E-state index in [2.05, 4.69) is 13.0 Å². The van der Waals surface area contributed by atoms with Gasteiger partial charge in [0.25, 0.3) is 0 Å². The zero-order chi connectivity index (χ0) is 12.9. The summed E-state index contributed by atoms with van der Waals surface area (Å²) in [5.74, 6) is 0.275. The van der Waals surface area contributed by atoms with E-state index in [9.17, 15) is 4.79 Å². The molecule has 0 saturated carbocycles. The second-order valence-corrected chi connectivity index (χ2v) is 4.93. The molecule has 0 atom stereocenters. The molecule has 17 heavy (non-hydrogen) atoms. The molecule has 0 aromatic rings. The first-order valence-corrected chi connectivity index (χ1v) is 6.65. The highest BCUT2D eigenvalue weighted by Crippen LogP contribution is 2.29. The smallest absolute Gasteiger partial charge is 0.233 e. The van der Waals surface area contributed by atoms with Crippen LogP contribution in [0.2, 0.25) is 0 Å². The van der Waals surface area contributed by atoms with Gasteiger partial charge in [-0.05, 0) is 26.7 Å². The predicted molar refractivity (Wildman–Crippen MR) is 69.8 cm³/mol. The minimum Gasteiger partial charge on any atom is -0.379 e. The number of nitrogens with zero attached hydrogens (tertiary/aromatic N) is 1. The molecular formula is C14H25NO2. The molecule has 1 amide bonds. The summed E-state index contributed by atoms with van der Waals surface area (Å²) in [5.41, 5.74) is 1.17. The zero-order valence-electron chi connectivity index (χ0n) is 11.6. The molecule has 2 aliphatic heterocycles. The van der Waals surface area contributed by atoms with Gasteiger partial charge in [-0.2, -0.15) is 0 Å². The minimum absolute atomic E-state index is 0.238. The number of carbonyl (C=O) groups is 1. The van der Waals surface area contributed by atoms with E-state index in [1.165, 1.54) is 5.57 Å². The number of amides is 1. The number of carbonyl (C=O) groups excluding carboxylic acids is 1. The molecule has 0 N–H and O–H groups in total. The maximum Gasteiger partial charge on any atom is 0.233 e. The van der Waals surface area contributed by atoms with Crippen LogP contribution in [0.5, 0.6) is 0 Å². The molecule has 0 aromatic carbocycles. The zero-order valence-corrected chi connectivity index (χ0v) is 11.6. The second-order valence-electron chi connectivity index (χ2n) is 4.93. The third-order valence-electron chi connectivity index (χ3n) is 3.31. The van der Waals surface area contributed by atoms with Crippen molar-refractivity contribution in [3.05, 3.63) is 11.6 Å². The summed E-state index contributed by atoms with van der Waals surface area (Å²) in [6.45, 7) is 11.1. The minimum atomic E-state index is -0.238. The van der Waals surface area contributed by atoms with Gasteiger partial charge in [0.1, 0.15) is 0 Å². The lowest BCUT2D eigenvalue weighted by atomic mass is 9.87. The summed E-state index contributed by atoms with van der Waals surface area (Å²) in [6, 6.07) is 0. The van der Waals surface area contributed by atoms with Gasteiger partial charge < -0.3 is 9.64 Å². The van der Waals surface area contributed by atoms with E-state index in [1.54, 1.807) is 0 Å². The van der Waals surface area contributed by atoms with Crippen LogP contribution in [0.1, 0.15) is 40.5 Å². The van der Waals surface area contributed by atoms with E-state index >= 15 is 0 Å². The highest BCUT2D eigenvalue weighted by Gasteiger charge is 2.43. The number of hydrogen-bond acceptors (Lipinski definition) is 2. The summed E-state index contributed by atoms with van der Waals surface area (Å²) in [4.78, 5) is 14.2. The Kier molecular flexibility index (Phi) is 5.19. The largest absolute Gasteiger partial charge is 0.379 e. The van der Waals surface area contributed by atoms with Crippen LogP contribution < -0.4 is 0 Å². The van der Waals surface area contributed by atoms with Gasteiger partial charge in [0.05, 0.1) is 18.6 Å². The molecule has 98 valence electrons. The van der Waals surface area contributed by atoms with Crippen molar-refractivity contribution in [1.29, 1.82) is 0 Å². The van der Waals surface area contributed by atoms with Crippen LogP contribution in [0.3, 0.4) is 0 Å². The van der Waals surface area contributed by atoms with Crippen LogP contribution in [0.25, 0.3) is 0 Å². The topological polar surface area (TPSA) is 29.5 Å². The fraction of sp³-hybridized carbons (Fsp3) is 0.786. The lowest BCUT2D eigenvalue weighted by Gasteiger charge is -2.40. The molecule has 0 unspecified atom stereocenters. The van der Waals surface area contributed by atoms with Gasteiger partial charge in [-0.25, -0.2) is 0 Å². The van der Waals surface area contributed by atoms with E-state index in [0.717, 1.165) is 25.9 Å². The molecule has 3 heteroatoms. The quantitative estimate of drug-likeness (QED) is 0.658. The van der Waals surface area contributed by atoms with E-state index < -0.39 is 0 Å². The van der Waals surface area contributed by atoms with Crippen LogP contribution in [0, 0.1) is 5.41 Å². The number of ether oxygens (including phenoxy) is 1. The van der Waals surface area contributed by atoms with E-state index in [1.807, 2.05) is 25.7 Å². The van der Waals surface area contributed by atoms with E-state index in [4.69, 9.17) is 4.74 Å². The van der Waals surface area contributed by atoms with Crippen LogP contribution in [0.4, 0.5) is 0 Å². The molecule has 0 aromatic heterocycles. The van der Waals surface area contributed by atoms with Crippen LogP contribution >= 0.6 is 0 Å². The standard InChI is InChI=1S/C12H19NO2.C2H6/c1-10-4-3-6-13(7-5-10)11(14)12(2)8-15-9-12;1-2/h4H,3,5-9H2,1-2H3;1-2H3. The van der Waals surface area contributed by atoms with Crippen molar-refractivity contribution >= 4 is 5.91 Å². The van der Waals surface area contributed by atoms with Gasteiger partial charge >= 0.3 is 0 Å². The van der Waals surface area contributed by atoms with Gasteiger partial charge in [-0.15, -0.1) is 0 Å². The summed E-state index contributed by atoms with van der Waals surface area (Å²) in [6.07, 6.45) is 4.25. The monoisotopic (exact) mass is 239 g/mol. The molecule has 2 aliphatic rings. The molecule has 1 saturated heterocycles. The number of rotatable bonds is 1. The van der Waals surface area contributed by atoms with Crippen molar-refractivity contribution in [1.82, 2.24) is 4.90 Å². The van der Waals surface area contributed by atoms with Crippen LogP contribution in [-0.4, -0.2) is 37.1 Å². The molecular weight excluding hydrogens is 214 g/mol. The van der Waals surface area contributed by atoms with Gasteiger partial charge in [0, 0.05) is 13.1 Å². The van der Waals surface area contributed by atoms with Gasteiger partial charge in [-0.3, -0.25) is 4.79 Å². The lowest BCUT2D eigenvalue weighted by molar-refractivity contribution is -0.168. The molecule has 2 rings (SSSR count). The summed E-state index contributed by atoms with van der Waals surface area (Å²) >= 11 is 0. The van der Waals surface area contributed by atoms with Crippen LogP contribution in [-0.2, 0) is 9.53 Å². The highest BCUT2D eigenvalue weighted by molar-refractivity contribution is 5.83. The lowest BCUT2D eigenvalue weighted by Crippen LogP contribution is -2.53. The molecule has 0 aliphatic carbocycles. The van der Waals surface area contributed by atoms with Gasteiger partial charge in [-0.1, -0.05) is 25.5 Å². The van der Waals surface area contributed by atoms with Crippen molar-refractivity contribution in [2.45, 2.75) is 40.5 Å². The summed E-state index contributed by atoms with van der Waals surface area (Å²) in [5, 5.41) is 0. The molecule has 0 radical (unpaired) electrons. The normalized spacial score (nSPS) is 22.6. The fourth-order valence-electron chi connectivity index (χ4n) is 2.11. The van der Waals surface area contributed by atoms with E-state index in [-0.39, 0.29) is 11.3 Å². The SMILES string of the molecule is CC.CC1=CCCN(C(=O)C2(C)COC2)CC1. The Morgan fingerprint density at radius 2 is 2.00 bits per heavy atom. The molecule has 1 fully saturated rings. The van der Waals surface area contributed by atoms with Crippen molar-refractivity contribution < 1.29 is 9.53 Å². The van der Waals surface area contributed by atoms with Crippen molar-refractivity contribution in [3.8, 4) is 0 Å². The number of hydrogen-bond donors (Lipinski definition) is 0. The molecule has 3 nitrogen and oxygen atoms in total. The Bertz CT molecular complexity index is 293. The Morgan fingerprint density at radius 3 is 2.53 bits per heavy atom. The summed E-state index contributed by atoms with van der Waals surface area (Å²) < 4.78 is 5.14. The van der Waals surface area contributed by atoms with Crippen LogP contribution in [0.15, 0.2) is 11.6 Å². The Morgan fingerprint density at radius 1 is 1.35 bits per heavy atom. The average Bonchev–Trinajstić information content (AvgIpc) is 2.53. The predicted octanol–water partition coefficient (Wildman–Crippen LogP) is 2.62. The highest BCUT2D eigenvalue weighted by atomic mass is 16.5. The Hall–Kier alpha value is -0.830. The van der Waals surface area contributed by atoms with E-state index in [0.29, 0.717) is 13.2 Å². The molecule has 0 bridgehead atoms. The maximum absolute atomic E-state index is 12.2. The third kappa shape index (κ3) is 3.32. The molecule has 0 spiro atoms. The fourth-order valence-corrected chi connectivity index (χ4v) is 2.11. The molecule has 2 heterocycles. The van der Waals surface area contributed by atoms with Crippen molar-refractivity contribution in [3.63, 3.8) is 0 Å². The Balaban J connectivity index is 0.000000686. The Labute approximate surface area is 105 Å². The van der Waals surface area contributed by atoms with Crippen molar-refractivity contribution in [2.75, 3.05) is 26.3 Å². The first-order valence-electron chi connectivity index (χ1n) is 6.65. The second kappa shape index (κ2) is 6.20. The first-order chi connectivity index (χ1) is 8.12. The maximum atomic E-state index is 12.2. The van der Waals surface area contributed by atoms with Gasteiger partial charge in [0.15, 0.2) is 0 Å².